The van der Waals surface area contributed by atoms with E-state index in [2.05, 4.69) is 27.6 Å². The highest BCUT2D eigenvalue weighted by molar-refractivity contribution is 5.89. The van der Waals surface area contributed by atoms with Gasteiger partial charge >= 0.3 is 0 Å². The summed E-state index contributed by atoms with van der Waals surface area (Å²) >= 11 is 0. The van der Waals surface area contributed by atoms with Crippen molar-refractivity contribution in [3.05, 3.63) is 11.8 Å². The second-order valence-corrected chi connectivity index (χ2v) is 5.31. The Bertz CT molecular complexity index is 427. The SMILES string of the molecule is CCN(CCC(=O)Nc1cc(C)on1)CC1CCCN1. The zero-order chi connectivity index (χ0) is 14.4. The number of hydrogen-bond acceptors (Lipinski definition) is 5. The topological polar surface area (TPSA) is 70.4 Å². The molecule has 0 radical (unpaired) electrons. The molecule has 2 N–H and O–H groups in total. The van der Waals surface area contributed by atoms with Gasteiger partial charge in [0.15, 0.2) is 5.82 Å². The fourth-order valence-corrected chi connectivity index (χ4v) is 2.49. The first-order valence-electron chi connectivity index (χ1n) is 7.36. The maximum atomic E-state index is 11.8. The molecule has 0 spiro atoms. The quantitative estimate of drug-likeness (QED) is 0.789. The Labute approximate surface area is 119 Å². The molecule has 1 aliphatic rings. The molecule has 1 aromatic rings. The summed E-state index contributed by atoms with van der Waals surface area (Å²) in [6.07, 6.45) is 2.97. The summed E-state index contributed by atoms with van der Waals surface area (Å²) in [7, 11) is 0. The Balaban J connectivity index is 1.70. The maximum Gasteiger partial charge on any atom is 0.226 e. The number of carbonyl (C=O) groups is 1. The van der Waals surface area contributed by atoms with Crippen LogP contribution in [-0.2, 0) is 4.79 Å². The number of anilines is 1. The van der Waals surface area contributed by atoms with Crippen LogP contribution in [0.4, 0.5) is 5.82 Å². The number of aromatic nitrogens is 1. The highest BCUT2D eigenvalue weighted by Crippen LogP contribution is 2.09. The van der Waals surface area contributed by atoms with Crippen LogP contribution in [0.25, 0.3) is 0 Å². The highest BCUT2D eigenvalue weighted by atomic mass is 16.5. The van der Waals surface area contributed by atoms with Crippen molar-refractivity contribution in [2.45, 2.75) is 39.2 Å². The molecule has 1 fully saturated rings. The lowest BCUT2D eigenvalue weighted by molar-refractivity contribution is -0.116. The summed E-state index contributed by atoms with van der Waals surface area (Å²) in [6, 6.07) is 2.30. The van der Waals surface area contributed by atoms with Crippen LogP contribution in [0.3, 0.4) is 0 Å². The molecule has 1 aliphatic heterocycles. The number of aryl methyl sites for hydroxylation is 1. The number of hydrogen-bond donors (Lipinski definition) is 2. The zero-order valence-corrected chi connectivity index (χ0v) is 12.3. The van der Waals surface area contributed by atoms with Gasteiger partial charge in [0, 0.05) is 31.6 Å². The van der Waals surface area contributed by atoms with Crippen LogP contribution in [0.1, 0.15) is 31.9 Å². The molecule has 0 aromatic carbocycles. The third-order valence-corrected chi connectivity index (χ3v) is 3.64. The largest absolute Gasteiger partial charge is 0.360 e. The lowest BCUT2D eigenvalue weighted by Gasteiger charge is -2.23. The normalized spacial score (nSPS) is 18.6. The summed E-state index contributed by atoms with van der Waals surface area (Å²) in [4.78, 5) is 14.2. The van der Waals surface area contributed by atoms with E-state index in [4.69, 9.17) is 4.52 Å². The van der Waals surface area contributed by atoms with Gasteiger partial charge in [-0.25, -0.2) is 0 Å². The van der Waals surface area contributed by atoms with Gasteiger partial charge in [-0.05, 0) is 32.9 Å². The smallest absolute Gasteiger partial charge is 0.226 e. The molecular formula is C14H24N4O2. The molecule has 1 aromatic heterocycles. The number of nitrogens with one attached hydrogen (secondary N) is 2. The fraction of sp³-hybridized carbons (Fsp3) is 0.714. The Morgan fingerprint density at radius 3 is 3.10 bits per heavy atom. The molecule has 2 rings (SSSR count). The van der Waals surface area contributed by atoms with E-state index in [-0.39, 0.29) is 5.91 Å². The van der Waals surface area contributed by atoms with Crippen molar-refractivity contribution in [3.63, 3.8) is 0 Å². The molecule has 1 unspecified atom stereocenters. The monoisotopic (exact) mass is 280 g/mol. The summed E-state index contributed by atoms with van der Waals surface area (Å²) in [5.41, 5.74) is 0. The van der Waals surface area contributed by atoms with E-state index >= 15 is 0 Å². The molecule has 112 valence electrons. The summed E-state index contributed by atoms with van der Waals surface area (Å²) < 4.78 is 4.92. The summed E-state index contributed by atoms with van der Waals surface area (Å²) in [5.74, 6) is 1.17. The molecular weight excluding hydrogens is 256 g/mol. The maximum absolute atomic E-state index is 11.8. The molecule has 1 atom stereocenters. The highest BCUT2D eigenvalue weighted by Gasteiger charge is 2.17. The van der Waals surface area contributed by atoms with Gasteiger partial charge in [-0.15, -0.1) is 0 Å². The van der Waals surface area contributed by atoms with Gasteiger partial charge in [0.25, 0.3) is 0 Å². The van der Waals surface area contributed by atoms with Crippen molar-refractivity contribution in [1.29, 1.82) is 0 Å². The van der Waals surface area contributed by atoms with Crippen LogP contribution in [-0.4, -0.2) is 48.2 Å². The second-order valence-electron chi connectivity index (χ2n) is 5.31. The minimum absolute atomic E-state index is 0.0175. The predicted octanol–water partition coefficient (Wildman–Crippen LogP) is 1.39. The van der Waals surface area contributed by atoms with Gasteiger partial charge in [-0.2, -0.15) is 0 Å². The zero-order valence-electron chi connectivity index (χ0n) is 12.3. The van der Waals surface area contributed by atoms with E-state index < -0.39 is 0 Å². The number of amides is 1. The van der Waals surface area contributed by atoms with Crippen LogP contribution in [0.15, 0.2) is 10.6 Å². The Kier molecular flexibility index (Phi) is 5.55. The van der Waals surface area contributed by atoms with Crippen LogP contribution in [0.5, 0.6) is 0 Å². The minimum Gasteiger partial charge on any atom is -0.360 e. The molecule has 0 bridgehead atoms. The predicted molar refractivity (Wildman–Crippen MR) is 77.6 cm³/mol. The lowest BCUT2D eigenvalue weighted by Crippen LogP contribution is -2.38. The van der Waals surface area contributed by atoms with Crippen molar-refractivity contribution in [2.24, 2.45) is 0 Å². The van der Waals surface area contributed by atoms with E-state index in [1.807, 2.05) is 0 Å². The molecule has 1 saturated heterocycles. The molecule has 6 nitrogen and oxygen atoms in total. The lowest BCUT2D eigenvalue weighted by atomic mass is 10.2. The van der Waals surface area contributed by atoms with Crippen molar-refractivity contribution in [1.82, 2.24) is 15.4 Å². The third-order valence-electron chi connectivity index (χ3n) is 3.64. The Morgan fingerprint density at radius 1 is 1.65 bits per heavy atom. The molecule has 0 saturated carbocycles. The first kappa shape index (κ1) is 15.0. The van der Waals surface area contributed by atoms with Gasteiger partial charge < -0.3 is 20.1 Å². The number of carbonyl (C=O) groups excluding carboxylic acids is 1. The number of nitrogens with zero attached hydrogens (tertiary/aromatic N) is 2. The fourth-order valence-electron chi connectivity index (χ4n) is 2.49. The number of likely N-dealkylation sites (N-methyl/N-ethyl adjacent to an activating group) is 1. The van der Waals surface area contributed by atoms with Crippen molar-refractivity contribution in [3.8, 4) is 0 Å². The van der Waals surface area contributed by atoms with Crippen LogP contribution >= 0.6 is 0 Å². The molecule has 0 aliphatic carbocycles. The molecule has 20 heavy (non-hydrogen) atoms. The van der Waals surface area contributed by atoms with Gasteiger partial charge in [-0.3, -0.25) is 4.79 Å². The van der Waals surface area contributed by atoms with Crippen LogP contribution < -0.4 is 10.6 Å². The van der Waals surface area contributed by atoms with Gasteiger partial charge in [0.05, 0.1) is 0 Å². The summed E-state index contributed by atoms with van der Waals surface area (Å²) in [5, 5.41) is 9.99. The first-order valence-corrected chi connectivity index (χ1v) is 7.36. The van der Waals surface area contributed by atoms with Crippen molar-refractivity contribution >= 4 is 11.7 Å². The average molecular weight is 280 g/mol. The van der Waals surface area contributed by atoms with Crippen molar-refractivity contribution < 1.29 is 9.32 Å². The van der Waals surface area contributed by atoms with E-state index in [0.29, 0.717) is 24.0 Å². The minimum atomic E-state index is -0.0175. The van der Waals surface area contributed by atoms with E-state index in [1.54, 1.807) is 13.0 Å². The van der Waals surface area contributed by atoms with Gasteiger partial charge in [-0.1, -0.05) is 12.1 Å². The average Bonchev–Trinajstić information content (AvgIpc) is 3.06. The van der Waals surface area contributed by atoms with Gasteiger partial charge in [0.2, 0.25) is 5.91 Å². The molecule has 1 amide bonds. The first-order chi connectivity index (χ1) is 9.67. The standard InChI is InChI=1S/C14H24N4O2/c1-3-18(10-12-5-4-7-15-12)8-6-14(19)16-13-9-11(2)20-17-13/h9,12,15H,3-8,10H2,1-2H3,(H,16,17,19). The van der Waals surface area contributed by atoms with E-state index in [1.165, 1.54) is 12.8 Å². The summed E-state index contributed by atoms with van der Waals surface area (Å²) in [6.45, 7) is 7.82. The van der Waals surface area contributed by atoms with Crippen LogP contribution in [0, 0.1) is 6.92 Å². The molecule has 6 heteroatoms. The van der Waals surface area contributed by atoms with Crippen LogP contribution in [0.2, 0.25) is 0 Å². The molecule has 2 heterocycles. The number of rotatable bonds is 7. The van der Waals surface area contributed by atoms with Gasteiger partial charge in [0.1, 0.15) is 5.76 Å². The third kappa shape index (κ3) is 4.61. The Hall–Kier alpha value is -1.40. The second kappa shape index (κ2) is 7.40. The van der Waals surface area contributed by atoms with Crippen molar-refractivity contribution in [2.75, 3.05) is 31.5 Å². The van der Waals surface area contributed by atoms with E-state index in [0.717, 1.165) is 26.2 Å². The van der Waals surface area contributed by atoms with E-state index in [9.17, 15) is 4.79 Å². The Morgan fingerprint density at radius 2 is 2.50 bits per heavy atom.